The summed E-state index contributed by atoms with van der Waals surface area (Å²) in [6.45, 7) is 2.30. The largest absolute Gasteiger partial charge is 0.396 e. The van der Waals surface area contributed by atoms with Crippen LogP contribution in [0.2, 0.25) is 0 Å². The van der Waals surface area contributed by atoms with E-state index in [0.29, 0.717) is 35.8 Å². The zero-order valence-electron chi connectivity index (χ0n) is 15.7. The number of hydrogen-bond donors (Lipinski definition) is 2. The summed E-state index contributed by atoms with van der Waals surface area (Å²) in [7, 11) is 0. The fourth-order valence-electron chi connectivity index (χ4n) is 4.22. The third-order valence-corrected chi connectivity index (χ3v) is 5.61. The van der Waals surface area contributed by atoms with Gasteiger partial charge >= 0.3 is 0 Å². The van der Waals surface area contributed by atoms with Gasteiger partial charge in [-0.2, -0.15) is 0 Å². The lowest BCUT2D eigenvalue weighted by Gasteiger charge is -2.34. The number of carbonyl (C=O) groups excluding carboxylic acids is 1. The van der Waals surface area contributed by atoms with Crippen molar-refractivity contribution in [3.8, 4) is 11.1 Å². The Balaban J connectivity index is 1.46. The van der Waals surface area contributed by atoms with E-state index in [4.69, 9.17) is 9.84 Å². The van der Waals surface area contributed by atoms with Crippen LogP contribution in [-0.4, -0.2) is 60.4 Å². The van der Waals surface area contributed by atoms with Gasteiger partial charge < -0.3 is 15.2 Å². The molecule has 2 heterocycles. The van der Waals surface area contributed by atoms with Gasteiger partial charge in [0.2, 0.25) is 0 Å². The predicted octanol–water partition coefficient (Wildman–Crippen LogP) is 2.45. The Hall–Kier alpha value is -2.28. The van der Waals surface area contributed by atoms with Gasteiger partial charge in [0.1, 0.15) is 5.82 Å². The molecule has 0 radical (unpaired) electrons. The van der Waals surface area contributed by atoms with Crippen LogP contribution in [0.25, 0.3) is 11.1 Å². The fourth-order valence-corrected chi connectivity index (χ4v) is 4.22. The van der Waals surface area contributed by atoms with Crippen LogP contribution in [0.1, 0.15) is 23.2 Å². The number of fused-ring (bicyclic) bond motifs is 1. The highest BCUT2D eigenvalue weighted by Crippen LogP contribution is 2.28. The van der Waals surface area contributed by atoms with Crippen LogP contribution in [0.4, 0.5) is 4.39 Å². The molecule has 0 saturated carbocycles. The minimum atomic E-state index is -0.340. The lowest BCUT2D eigenvalue weighted by atomic mass is 9.98. The topological polar surface area (TPSA) is 61.8 Å². The molecule has 4 rings (SSSR count). The molecular weight excluding hydrogens is 359 g/mol. The van der Waals surface area contributed by atoms with Crippen LogP contribution in [0, 0.1) is 5.82 Å². The van der Waals surface area contributed by atoms with Crippen LogP contribution in [0.5, 0.6) is 0 Å². The number of nitrogens with one attached hydrogen (secondary N) is 1. The summed E-state index contributed by atoms with van der Waals surface area (Å²) in [5, 5.41) is 12.2. The fraction of sp³-hybridized carbons (Fsp3) is 0.409. The summed E-state index contributed by atoms with van der Waals surface area (Å²) in [5.74, 6) is -0.524. The van der Waals surface area contributed by atoms with E-state index in [0.717, 1.165) is 19.5 Å². The third kappa shape index (κ3) is 3.94. The van der Waals surface area contributed by atoms with E-state index in [9.17, 15) is 9.18 Å². The molecule has 2 fully saturated rings. The number of aliphatic hydroxyl groups is 1. The number of hydrogen-bond acceptors (Lipinski definition) is 4. The van der Waals surface area contributed by atoms with Crippen LogP contribution < -0.4 is 5.32 Å². The Morgan fingerprint density at radius 3 is 2.68 bits per heavy atom. The summed E-state index contributed by atoms with van der Waals surface area (Å²) in [6.07, 6.45) is 1.52. The number of nitrogens with zero attached hydrogens (tertiary/aromatic N) is 1. The van der Waals surface area contributed by atoms with E-state index in [1.807, 2.05) is 6.07 Å². The third-order valence-electron chi connectivity index (χ3n) is 5.61. The van der Waals surface area contributed by atoms with Crippen molar-refractivity contribution >= 4 is 5.91 Å². The lowest BCUT2D eigenvalue weighted by Crippen LogP contribution is -2.46. The van der Waals surface area contributed by atoms with Crippen LogP contribution >= 0.6 is 0 Å². The standard InChI is InChI=1S/C22H25FN2O3/c23-21-8-4-3-6-19(21)18-5-1-2-7-20(18)22(27)24-15-11-16-14-28-17(9-10-26)13-25(16)12-15/h1-8,15-17,26H,9-14H2,(H,24,27)/t15-,16+,17+/m1/s1. The molecule has 6 heteroatoms. The van der Waals surface area contributed by atoms with Gasteiger partial charge in [0.15, 0.2) is 0 Å². The first kappa shape index (κ1) is 19.1. The van der Waals surface area contributed by atoms with Crippen molar-refractivity contribution in [2.24, 2.45) is 0 Å². The number of benzene rings is 2. The summed E-state index contributed by atoms with van der Waals surface area (Å²) < 4.78 is 20.1. The number of ether oxygens (including phenoxy) is 1. The molecule has 2 saturated heterocycles. The molecule has 0 aliphatic carbocycles. The van der Waals surface area contributed by atoms with Gasteiger partial charge in [-0.3, -0.25) is 9.69 Å². The lowest BCUT2D eigenvalue weighted by molar-refractivity contribution is -0.0566. The number of morpholine rings is 1. The molecule has 0 aromatic heterocycles. The smallest absolute Gasteiger partial charge is 0.252 e. The van der Waals surface area contributed by atoms with Crippen molar-refractivity contribution in [1.82, 2.24) is 10.2 Å². The minimum Gasteiger partial charge on any atom is -0.396 e. The van der Waals surface area contributed by atoms with E-state index < -0.39 is 0 Å². The number of rotatable bonds is 5. The molecule has 0 unspecified atom stereocenters. The Bertz CT molecular complexity index is 844. The molecule has 0 bridgehead atoms. The average Bonchev–Trinajstić information content (AvgIpc) is 3.10. The zero-order chi connectivity index (χ0) is 19.5. The normalized spacial score (nSPS) is 24.7. The SMILES string of the molecule is O=C(N[C@@H]1C[C@H]2CO[C@@H](CCO)CN2C1)c1ccccc1-c1ccccc1F. The number of halogens is 1. The van der Waals surface area contributed by atoms with Crippen molar-refractivity contribution < 1.29 is 19.0 Å². The molecule has 0 spiro atoms. The summed E-state index contributed by atoms with van der Waals surface area (Å²) >= 11 is 0. The first-order valence-electron chi connectivity index (χ1n) is 9.77. The van der Waals surface area contributed by atoms with Gasteiger partial charge in [0, 0.05) is 42.9 Å². The zero-order valence-corrected chi connectivity index (χ0v) is 15.7. The van der Waals surface area contributed by atoms with Gasteiger partial charge in [0.25, 0.3) is 5.91 Å². The first-order valence-corrected chi connectivity index (χ1v) is 9.77. The summed E-state index contributed by atoms with van der Waals surface area (Å²) in [6, 6.07) is 13.9. The molecule has 1 amide bonds. The molecule has 148 valence electrons. The van der Waals surface area contributed by atoms with Crippen molar-refractivity contribution in [3.05, 3.63) is 59.9 Å². The van der Waals surface area contributed by atoms with E-state index in [2.05, 4.69) is 10.2 Å². The van der Waals surface area contributed by atoms with Crippen LogP contribution in [0.3, 0.4) is 0 Å². The van der Waals surface area contributed by atoms with Crippen molar-refractivity contribution in [3.63, 3.8) is 0 Å². The summed E-state index contributed by atoms with van der Waals surface area (Å²) in [4.78, 5) is 15.3. The molecule has 2 aromatic rings. The molecular formula is C22H25FN2O3. The maximum Gasteiger partial charge on any atom is 0.252 e. The van der Waals surface area contributed by atoms with E-state index in [1.54, 1.807) is 36.4 Å². The maximum atomic E-state index is 14.3. The van der Waals surface area contributed by atoms with E-state index in [1.165, 1.54) is 6.07 Å². The molecule has 2 aliphatic heterocycles. The van der Waals surface area contributed by atoms with Crippen molar-refractivity contribution in [2.75, 3.05) is 26.3 Å². The maximum absolute atomic E-state index is 14.3. The predicted molar refractivity (Wildman–Crippen MR) is 105 cm³/mol. The Morgan fingerprint density at radius 1 is 1.14 bits per heavy atom. The number of aliphatic hydroxyl groups excluding tert-OH is 1. The molecule has 28 heavy (non-hydrogen) atoms. The Kier molecular flexibility index (Phi) is 5.71. The monoisotopic (exact) mass is 384 g/mol. The second-order valence-electron chi connectivity index (χ2n) is 7.51. The van der Waals surface area contributed by atoms with E-state index >= 15 is 0 Å². The van der Waals surface area contributed by atoms with Gasteiger partial charge in [-0.1, -0.05) is 36.4 Å². The molecule has 5 nitrogen and oxygen atoms in total. The summed E-state index contributed by atoms with van der Waals surface area (Å²) in [5.41, 5.74) is 1.50. The second-order valence-corrected chi connectivity index (χ2v) is 7.51. The quantitative estimate of drug-likeness (QED) is 0.831. The Morgan fingerprint density at radius 2 is 1.89 bits per heavy atom. The molecule has 2 aromatic carbocycles. The molecule has 2 aliphatic rings. The van der Waals surface area contributed by atoms with Crippen LogP contribution in [0.15, 0.2) is 48.5 Å². The van der Waals surface area contributed by atoms with Gasteiger partial charge in [-0.05, 0) is 30.5 Å². The number of amides is 1. The van der Waals surface area contributed by atoms with Crippen molar-refractivity contribution in [1.29, 1.82) is 0 Å². The first-order chi connectivity index (χ1) is 13.7. The highest BCUT2D eigenvalue weighted by molar-refractivity contribution is 6.01. The Labute approximate surface area is 164 Å². The van der Waals surface area contributed by atoms with Gasteiger partial charge in [0.05, 0.1) is 12.7 Å². The molecule has 3 atom stereocenters. The van der Waals surface area contributed by atoms with Crippen molar-refractivity contribution in [2.45, 2.75) is 31.0 Å². The van der Waals surface area contributed by atoms with Gasteiger partial charge in [-0.15, -0.1) is 0 Å². The van der Waals surface area contributed by atoms with Gasteiger partial charge in [-0.25, -0.2) is 4.39 Å². The van der Waals surface area contributed by atoms with E-state index in [-0.39, 0.29) is 30.5 Å². The number of carbonyl (C=O) groups is 1. The van der Waals surface area contributed by atoms with Crippen LogP contribution in [-0.2, 0) is 4.74 Å². The highest BCUT2D eigenvalue weighted by atomic mass is 19.1. The highest BCUT2D eigenvalue weighted by Gasteiger charge is 2.37. The minimum absolute atomic E-state index is 0.0302. The second kappa shape index (κ2) is 8.39. The average molecular weight is 384 g/mol. The molecule has 2 N–H and O–H groups in total.